The van der Waals surface area contributed by atoms with Crippen molar-refractivity contribution in [2.75, 3.05) is 13.1 Å². The van der Waals surface area contributed by atoms with Gasteiger partial charge < -0.3 is 15.4 Å². The third-order valence-electron chi connectivity index (χ3n) is 3.30. The Labute approximate surface area is 138 Å². The maximum atomic E-state index is 13.1. The number of hydrogen-bond acceptors (Lipinski definition) is 3. The zero-order valence-corrected chi connectivity index (χ0v) is 14.6. The Balaban J connectivity index is 2.43. The highest BCUT2D eigenvalue weighted by Gasteiger charge is 2.16. The minimum atomic E-state index is -0.491. The Morgan fingerprint density at radius 1 is 1.22 bits per heavy atom. The second-order valence-corrected chi connectivity index (χ2v) is 6.63. The summed E-state index contributed by atoms with van der Waals surface area (Å²) in [4.78, 5) is 11.6. The molecule has 0 radical (unpaired) electrons. The molecule has 1 rings (SSSR count). The fourth-order valence-electron chi connectivity index (χ4n) is 2.22. The molecule has 4 nitrogen and oxygen atoms in total. The first-order valence-corrected chi connectivity index (χ1v) is 8.27. The molecule has 0 aliphatic carbocycles. The zero-order valence-electron chi connectivity index (χ0n) is 14.6. The highest BCUT2D eigenvalue weighted by atomic mass is 19.1. The first-order chi connectivity index (χ1) is 10.8. The first kappa shape index (κ1) is 19.4. The number of rotatable bonds is 8. The second-order valence-electron chi connectivity index (χ2n) is 6.63. The number of nitrogens with one attached hydrogen (secondary N) is 2. The van der Waals surface area contributed by atoms with E-state index in [1.165, 1.54) is 12.1 Å². The average molecular weight is 324 g/mol. The van der Waals surface area contributed by atoms with Gasteiger partial charge in [0.2, 0.25) is 0 Å². The number of carbonyl (C=O) groups excluding carboxylic acids is 1. The standard InChI is InChI=1S/C18H29FN2O2/c1-5-6-7-16(14-8-10-15(19)11-9-14)20-12-13-21-17(22)23-18(2,3)4/h8-11,16,20H,5-7,12-13H2,1-4H3,(H,21,22). The molecule has 0 saturated carbocycles. The largest absolute Gasteiger partial charge is 0.444 e. The summed E-state index contributed by atoms with van der Waals surface area (Å²) in [6, 6.07) is 6.74. The molecule has 0 aromatic heterocycles. The maximum absolute atomic E-state index is 13.1. The quantitative estimate of drug-likeness (QED) is 0.706. The van der Waals surface area contributed by atoms with E-state index in [2.05, 4.69) is 17.6 Å². The highest BCUT2D eigenvalue weighted by Crippen LogP contribution is 2.19. The molecule has 0 heterocycles. The van der Waals surface area contributed by atoms with Gasteiger partial charge in [0.25, 0.3) is 0 Å². The summed E-state index contributed by atoms with van der Waals surface area (Å²) in [6.45, 7) is 8.76. The summed E-state index contributed by atoms with van der Waals surface area (Å²) in [5, 5.41) is 6.14. The topological polar surface area (TPSA) is 50.4 Å². The minimum absolute atomic E-state index is 0.163. The number of carbonyl (C=O) groups is 1. The zero-order chi connectivity index (χ0) is 17.3. The van der Waals surface area contributed by atoms with Crippen LogP contribution in [0.4, 0.5) is 9.18 Å². The van der Waals surface area contributed by atoms with E-state index in [4.69, 9.17) is 4.74 Å². The van der Waals surface area contributed by atoms with Gasteiger partial charge in [0.15, 0.2) is 0 Å². The van der Waals surface area contributed by atoms with Crippen LogP contribution in [0.25, 0.3) is 0 Å². The number of alkyl carbamates (subject to hydrolysis) is 1. The van der Waals surface area contributed by atoms with Crippen LogP contribution in [0.3, 0.4) is 0 Å². The van der Waals surface area contributed by atoms with Gasteiger partial charge in [-0.2, -0.15) is 0 Å². The lowest BCUT2D eigenvalue weighted by Gasteiger charge is -2.21. The Kier molecular flexibility index (Phi) is 8.03. The lowest BCUT2D eigenvalue weighted by molar-refractivity contribution is 0.0528. The van der Waals surface area contributed by atoms with Crippen molar-refractivity contribution in [3.63, 3.8) is 0 Å². The van der Waals surface area contributed by atoms with Gasteiger partial charge in [0, 0.05) is 19.1 Å². The Morgan fingerprint density at radius 2 is 1.87 bits per heavy atom. The molecular weight excluding hydrogens is 295 g/mol. The number of hydrogen-bond donors (Lipinski definition) is 2. The SMILES string of the molecule is CCCCC(NCCNC(=O)OC(C)(C)C)c1ccc(F)cc1. The summed E-state index contributed by atoms with van der Waals surface area (Å²) < 4.78 is 18.2. The van der Waals surface area contributed by atoms with Gasteiger partial charge in [-0.3, -0.25) is 0 Å². The van der Waals surface area contributed by atoms with Gasteiger partial charge in [-0.1, -0.05) is 31.9 Å². The van der Waals surface area contributed by atoms with Gasteiger partial charge in [-0.25, -0.2) is 9.18 Å². The summed E-state index contributed by atoms with van der Waals surface area (Å²) in [6.07, 6.45) is 2.77. The van der Waals surface area contributed by atoms with Crippen LogP contribution in [0.15, 0.2) is 24.3 Å². The van der Waals surface area contributed by atoms with E-state index in [1.54, 1.807) is 0 Å². The van der Waals surface area contributed by atoms with Crippen molar-refractivity contribution in [3.8, 4) is 0 Å². The van der Waals surface area contributed by atoms with Crippen LogP contribution in [0.1, 0.15) is 58.6 Å². The van der Waals surface area contributed by atoms with E-state index in [9.17, 15) is 9.18 Å². The van der Waals surface area contributed by atoms with Crippen molar-refractivity contribution in [2.45, 2.75) is 58.6 Å². The van der Waals surface area contributed by atoms with Crippen LogP contribution in [0.2, 0.25) is 0 Å². The maximum Gasteiger partial charge on any atom is 0.407 e. The van der Waals surface area contributed by atoms with Crippen molar-refractivity contribution in [1.29, 1.82) is 0 Å². The highest BCUT2D eigenvalue weighted by molar-refractivity contribution is 5.67. The fraction of sp³-hybridized carbons (Fsp3) is 0.611. The number of halogens is 1. The van der Waals surface area contributed by atoms with E-state index in [-0.39, 0.29) is 11.9 Å². The molecule has 0 bridgehead atoms. The molecule has 130 valence electrons. The van der Waals surface area contributed by atoms with E-state index in [0.717, 1.165) is 24.8 Å². The molecule has 1 aromatic rings. The summed E-state index contributed by atoms with van der Waals surface area (Å²) >= 11 is 0. The molecule has 0 aliphatic rings. The molecule has 0 aliphatic heterocycles. The van der Waals surface area contributed by atoms with Gasteiger partial charge in [-0.05, 0) is 44.9 Å². The lowest BCUT2D eigenvalue weighted by atomic mass is 10.0. The van der Waals surface area contributed by atoms with Crippen LogP contribution in [-0.2, 0) is 4.74 Å². The molecule has 0 fully saturated rings. The molecule has 1 atom stereocenters. The van der Waals surface area contributed by atoms with Crippen LogP contribution >= 0.6 is 0 Å². The molecule has 0 spiro atoms. The molecule has 5 heteroatoms. The number of ether oxygens (including phenoxy) is 1. The van der Waals surface area contributed by atoms with Gasteiger partial charge in [-0.15, -0.1) is 0 Å². The number of amides is 1. The Bertz CT molecular complexity index is 469. The molecule has 2 N–H and O–H groups in total. The molecule has 23 heavy (non-hydrogen) atoms. The molecule has 1 aromatic carbocycles. The first-order valence-electron chi connectivity index (χ1n) is 8.27. The van der Waals surface area contributed by atoms with E-state index in [1.807, 2.05) is 32.9 Å². The third kappa shape index (κ3) is 8.55. The summed E-state index contributed by atoms with van der Waals surface area (Å²) in [7, 11) is 0. The van der Waals surface area contributed by atoms with Crippen molar-refractivity contribution >= 4 is 6.09 Å². The van der Waals surface area contributed by atoms with Crippen molar-refractivity contribution in [2.24, 2.45) is 0 Å². The minimum Gasteiger partial charge on any atom is -0.444 e. The van der Waals surface area contributed by atoms with Crippen LogP contribution < -0.4 is 10.6 Å². The molecule has 0 saturated heterocycles. The predicted molar refractivity (Wildman–Crippen MR) is 90.9 cm³/mol. The smallest absolute Gasteiger partial charge is 0.407 e. The van der Waals surface area contributed by atoms with Crippen LogP contribution in [-0.4, -0.2) is 24.8 Å². The van der Waals surface area contributed by atoms with Crippen molar-refractivity contribution in [1.82, 2.24) is 10.6 Å². The molecular formula is C18H29FN2O2. The second kappa shape index (κ2) is 9.50. The van der Waals surface area contributed by atoms with E-state index < -0.39 is 11.7 Å². The summed E-state index contributed by atoms with van der Waals surface area (Å²) in [5.41, 5.74) is 0.576. The fourth-order valence-corrected chi connectivity index (χ4v) is 2.22. The Morgan fingerprint density at radius 3 is 2.43 bits per heavy atom. The Hall–Kier alpha value is -1.62. The summed E-state index contributed by atoms with van der Waals surface area (Å²) in [5.74, 6) is -0.227. The predicted octanol–water partition coefficient (Wildman–Crippen LogP) is 4.17. The van der Waals surface area contributed by atoms with E-state index >= 15 is 0 Å². The monoisotopic (exact) mass is 324 g/mol. The van der Waals surface area contributed by atoms with E-state index in [0.29, 0.717) is 13.1 Å². The number of unbranched alkanes of at least 4 members (excludes halogenated alkanes) is 1. The van der Waals surface area contributed by atoms with Crippen LogP contribution in [0.5, 0.6) is 0 Å². The van der Waals surface area contributed by atoms with Crippen LogP contribution in [0, 0.1) is 5.82 Å². The van der Waals surface area contributed by atoms with Crippen molar-refractivity contribution < 1.29 is 13.9 Å². The third-order valence-corrected chi connectivity index (χ3v) is 3.30. The average Bonchev–Trinajstić information content (AvgIpc) is 2.46. The van der Waals surface area contributed by atoms with Gasteiger partial charge >= 0.3 is 6.09 Å². The molecule has 1 amide bonds. The van der Waals surface area contributed by atoms with Gasteiger partial charge in [0.1, 0.15) is 11.4 Å². The molecule has 1 unspecified atom stereocenters. The lowest BCUT2D eigenvalue weighted by Crippen LogP contribution is -2.37. The number of benzene rings is 1. The normalized spacial score (nSPS) is 12.7. The van der Waals surface area contributed by atoms with Crippen molar-refractivity contribution in [3.05, 3.63) is 35.6 Å². The van der Waals surface area contributed by atoms with Gasteiger partial charge in [0.05, 0.1) is 0 Å².